The van der Waals surface area contributed by atoms with E-state index in [2.05, 4.69) is 39.8 Å². The van der Waals surface area contributed by atoms with Crippen LogP contribution in [0.4, 0.5) is 11.7 Å². The number of pyridine rings is 1. The molecule has 3 rings (SSSR count). The first-order valence-corrected chi connectivity index (χ1v) is 10.1. The van der Waals surface area contributed by atoms with Crippen LogP contribution in [-0.4, -0.2) is 31.7 Å². The van der Waals surface area contributed by atoms with Gasteiger partial charge in [0.2, 0.25) is 5.82 Å². The van der Waals surface area contributed by atoms with Crippen molar-refractivity contribution in [2.24, 2.45) is 5.92 Å². The van der Waals surface area contributed by atoms with Crippen LogP contribution in [0.1, 0.15) is 30.6 Å². The standard InChI is InChI=1S/C19H20N6O4S/c1-12(2)7-10-30-16-4-3-14(11-15(16)25(27)28)18(26)22-23-19-21-17(24-29-19)13-5-8-20-9-6-13/h3-6,8-9,11-12H,7,10H2,1-2H3,(H,22,26)(H,21,23,24). The molecule has 1 amide bonds. The largest absolute Gasteiger partial charge is 0.340 e. The molecule has 0 atom stereocenters. The van der Waals surface area contributed by atoms with Crippen LogP contribution in [0.5, 0.6) is 0 Å². The monoisotopic (exact) mass is 428 g/mol. The quantitative estimate of drug-likeness (QED) is 0.295. The number of benzene rings is 1. The van der Waals surface area contributed by atoms with Crippen LogP contribution in [0, 0.1) is 16.0 Å². The second kappa shape index (κ2) is 9.83. The summed E-state index contributed by atoms with van der Waals surface area (Å²) in [5, 5.41) is 15.2. The molecule has 3 aromatic rings. The Balaban J connectivity index is 1.64. The number of nitrogens with one attached hydrogen (secondary N) is 2. The van der Waals surface area contributed by atoms with Crippen LogP contribution < -0.4 is 10.9 Å². The number of rotatable bonds is 9. The van der Waals surface area contributed by atoms with Gasteiger partial charge in [-0.3, -0.25) is 25.3 Å². The molecule has 30 heavy (non-hydrogen) atoms. The van der Waals surface area contributed by atoms with Gasteiger partial charge in [-0.1, -0.05) is 19.0 Å². The lowest BCUT2D eigenvalue weighted by atomic mass is 10.2. The summed E-state index contributed by atoms with van der Waals surface area (Å²) in [5.74, 6) is 1.03. The van der Waals surface area contributed by atoms with E-state index in [4.69, 9.17) is 4.52 Å². The Bertz CT molecular complexity index is 1020. The molecule has 0 spiro atoms. The summed E-state index contributed by atoms with van der Waals surface area (Å²) in [6.07, 6.45) is 4.14. The number of anilines is 1. The van der Waals surface area contributed by atoms with Gasteiger partial charge in [-0.2, -0.15) is 4.98 Å². The second-order valence-electron chi connectivity index (χ2n) is 6.71. The van der Waals surface area contributed by atoms with Crippen molar-refractivity contribution in [3.8, 4) is 11.4 Å². The highest BCUT2D eigenvalue weighted by Crippen LogP contribution is 2.31. The Morgan fingerprint density at radius 3 is 2.73 bits per heavy atom. The van der Waals surface area contributed by atoms with Crippen LogP contribution in [0.2, 0.25) is 0 Å². The van der Waals surface area contributed by atoms with Gasteiger partial charge < -0.3 is 4.52 Å². The zero-order chi connectivity index (χ0) is 21.5. The Labute approximate surface area is 176 Å². The average Bonchev–Trinajstić information content (AvgIpc) is 3.21. The van der Waals surface area contributed by atoms with Crippen molar-refractivity contribution in [1.82, 2.24) is 20.6 Å². The lowest BCUT2D eigenvalue weighted by Crippen LogP contribution is -2.29. The Morgan fingerprint density at radius 1 is 1.27 bits per heavy atom. The first kappa shape index (κ1) is 21.2. The van der Waals surface area contributed by atoms with Crippen LogP contribution >= 0.6 is 11.8 Å². The molecule has 2 N–H and O–H groups in total. The van der Waals surface area contributed by atoms with Gasteiger partial charge in [-0.05, 0) is 42.4 Å². The van der Waals surface area contributed by atoms with Gasteiger partial charge in [0.25, 0.3) is 11.6 Å². The number of hydrazine groups is 1. The van der Waals surface area contributed by atoms with E-state index >= 15 is 0 Å². The summed E-state index contributed by atoms with van der Waals surface area (Å²) in [6, 6.07) is 7.79. The molecule has 0 aliphatic rings. The molecule has 2 aromatic heterocycles. The highest BCUT2D eigenvalue weighted by Gasteiger charge is 2.18. The van der Waals surface area contributed by atoms with Crippen LogP contribution in [0.3, 0.4) is 0 Å². The van der Waals surface area contributed by atoms with E-state index in [0.717, 1.165) is 12.2 Å². The zero-order valence-electron chi connectivity index (χ0n) is 16.4. The lowest BCUT2D eigenvalue weighted by Gasteiger charge is -2.08. The maximum atomic E-state index is 12.4. The first-order chi connectivity index (χ1) is 14.4. The molecule has 10 nitrogen and oxygen atoms in total. The second-order valence-corrected chi connectivity index (χ2v) is 7.85. The summed E-state index contributed by atoms with van der Waals surface area (Å²) >= 11 is 1.41. The minimum atomic E-state index is -0.569. The van der Waals surface area contributed by atoms with Crippen molar-refractivity contribution in [1.29, 1.82) is 0 Å². The molecule has 0 fully saturated rings. The highest BCUT2D eigenvalue weighted by molar-refractivity contribution is 7.99. The fourth-order valence-electron chi connectivity index (χ4n) is 2.40. The number of nitro groups is 1. The molecule has 0 aliphatic carbocycles. The molecular formula is C19H20N6O4S. The Morgan fingerprint density at radius 2 is 2.03 bits per heavy atom. The number of aromatic nitrogens is 3. The Kier molecular flexibility index (Phi) is 6.96. The van der Waals surface area contributed by atoms with E-state index in [1.165, 1.54) is 23.9 Å². The number of nitrogens with zero attached hydrogens (tertiary/aromatic N) is 4. The summed E-state index contributed by atoms with van der Waals surface area (Å²) in [5.41, 5.74) is 5.65. The summed E-state index contributed by atoms with van der Waals surface area (Å²) in [4.78, 5) is 31.9. The molecule has 11 heteroatoms. The van der Waals surface area contributed by atoms with Crippen LogP contribution in [0.25, 0.3) is 11.4 Å². The molecule has 0 bridgehead atoms. The highest BCUT2D eigenvalue weighted by atomic mass is 32.2. The third-order valence-corrected chi connectivity index (χ3v) is 5.11. The number of thioether (sulfide) groups is 1. The maximum Gasteiger partial charge on any atom is 0.340 e. The van der Waals surface area contributed by atoms with Gasteiger partial charge in [0.15, 0.2) is 0 Å². The summed E-state index contributed by atoms with van der Waals surface area (Å²) in [6.45, 7) is 4.19. The SMILES string of the molecule is CC(C)CCSc1ccc(C(=O)NNc2nc(-c3ccncc3)no2)cc1[N+](=O)[O-]. The minimum Gasteiger partial charge on any atom is -0.313 e. The van der Waals surface area contributed by atoms with E-state index in [1.54, 1.807) is 30.6 Å². The van der Waals surface area contributed by atoms with Gasteiger partial charge >= 0.3 is 6.01 Å². The average molecular weight is 428 g/mol. The number of carbonyl (C=O) groups excluding carboxylic acids is 1. The van der Waals surface area contributed by atoms with Crippen molar-refractivity contribution in [2.75, 3.05) is 11.2 Å². The van der Waals surface area contributed by atoms with Gasteiger partial charge in [-0.25, -0.2) is 5.43 Å². The van der Waals surface area contributed by atoms with E-state index < -0.39 is 10.8 Å². The third-order valence-electron chi connectivity index (χ3n) is 4.02. The van der Waals surface area contributed by atoms with Gasteiger partial charge in [0.05, 0.1) is 9.82 Å². The fraction of sp³-hybridized carbons (Fsp3) is 0.263. The minimum absolute atomic E-state index is 0.0227. The summed E-state index contributed by atoms with van der Waals surface area (Å²) in [7, 11) is 0. The molecular weight excluding hydrogens is 408 g/mol. The number of nitro benzene ring substituents is 1. The molecule has 0 saturated carbocycles. The molecule has 0 saturated heterocycles. The van der Waals surface area contributed by atoms with Gasteiger partial charge in [-0.15, -0.1) is 11.8 Å². The normalized spacial score (nSPS) is 10.8. The van der Waals surface area contributed by atoms with E-state index in [9.17, 15) is 14.9 Å². The fourth-order valence-corrected chi connectivity index (χ4v) is 3.66. The molecule has 0 radical (unpaired) electrons. The number of carbonyl (C=O) groups is 1. The predicted molar refractivity (Wildman–Crippen MR) is 112 cm³/mol. The van der Waals surface area contributed by atoms with Crippen molar-refractivity contribution < 1.29 is 14.2 Å². The third kappa shape index (κ3) is 5.54. The molecule has 1 aromatic carbocycles. The van der Waals surface area contributed by atoms with Gasteiger partial charge in [0.1, 0.15) is 0 Å². The smallest absolute Gasteiger partial charge is 0.313 e. The predicted octanol–water partition coefficient (Wildman–Crippen LogP) is 3.93. The number of hydrogen-bond acceptors (Lipinski definition) is 9. The number of hydrogen-bond donors (Lipinski definition) is 2. The van der Waals surface area contributed by atoms with Crippen LogP contribution in [-0.2, 0) is 0 Å². The van der Waals surface area contributed by atoms with Crippen molar-refractivity contribution in [2.45, 2.75) is 25.2 Å². The first-order valence-electron chi connectivity index (χ1n) is 9.15. The van der Waals surface area contributed by atoms with Crippen molar-refractivity contribution in [3.63, 3.8) is 0 Å². The van der Waals surface area contributed by atoms with Crippen molar-refractivity contribution in [3.05, 3.63) is 58.4 Å². The van der Waals surface area contributed by atoms with E-state index in [0.29, 0.717) is 22.2 Å². The molecule has 156 valence electrons. The summed E-state index contributed by atoms with van der Waals surface area (Å²) < 4.78 is 5.03. The molecule has 2 heterocycles. The number of amides is 1. The molecule has 0 unspecified atom stereocenters. The van der Waals surface area contributed by atoms with E-state index in [1.807, 2.05) is 0 Å². The van der Waals surface area contributed by atoms with Crippen molar-refractivity contribution >= 4 is 29.4 Å². The van der Waals surface area contributed by atoms with Gasteiger partial charge in [0, 0.05) is 29.6 Å². The molecule has 0 aliphatic heterocycles. The zero-order valence-corrected chi connectivity index (χ0v) is 17.2. The lowest BCUT2D eigenvalue weighted by molar-refractivity contribution is -0.387. The topological polar surface area (TPSA) is 136 Å². The van der Waals surface area contributed by atoms with E-state index in [-0.39, 0.29) is 17.3 Å². The van der Waals surface area contributed by atoms with Crippen LogP contribution in [0.15, 0.2) is 52.1 Å². The Hall–Kier alpha value is -3.47. The maximum absolute atomic E-state index is 12.4.